The Labute approximate surface area is 177 Å². The quantitative estimate of drug-likeness (QED) is 0.452. The summed E-state index contributed by atoms with van der Waals surface area (Å²) in [6, 6.07) is 17.3. The van der Waals surface area contributed by atoms with Crippen LogP contribution in [0, 0.1) is 0 Å². The van der Waals surface area contributed by atoms with E-state index in [0.29, 0.717) is 0 Å². The van der Waals surface area contributed by atoms with Crippen molar-refractivity contribution in [2.45, 2.75) is 41.0 Å². The van der Waals surface area contributed by atoms with E-state index in [0.717, 1.165) is 12.8 Å². The van der Waals surface area contributed by atoms with Crippen molar-refractivity contribution in [3.63, 3.8) is 0 Å². The standard InChI is InChI=1S/C24H27N.C2H5F.CH4/c1-5-22-9-7-8-10-24(22)16-13-21-11-14-23(15-12-21)20(4)19(3)17-18-25-6-2;1-2-3;/h5-12,14-15,17-18,25H,1-2,13,16H2,3-4H3;2H2,1H3;1H4/b18-17-,20-19+;;. The highest BCUT2D eigenvalue weighted by Crippen LogP contribution is 2.20. The number of rotatable bonds is 8. The van der Waals surface area contributed by atoms with Crippen LogP contribution in [-0.4, -0.2) is 6.67 Å². The third kappa shape index (κ3) is 9.25. The van der Waals surface area contributed by atoms with Crippen LogP contribution in [-0.2, 0) is 12.8 Å². The monoisotopic (exact) mass is 393 g/mol. The zero-order valence-corrected chi connectivity index (χ0v) is 17.3. The van der Waals surface area contributed by atoms with Crippen molar-refractivity contribution in [2.24, 2.45) is 0 Å². The number of halogens is 1. The number of nitrogens with one attached hydrogen (secondary N) is 1. The number of hydrogen-bond donors (Lipinski definition) is 1. The van der Waals surface area contributed by atoms with Crippen LogP contribution >= 0.6 is 0 Å². The van der Waals surface area contributed by atoms with Crippen molar-refractivity contribution in [1.29, 1.82) is 0 Å². The van der Waals surface area contributed by atoms with Crippen molar-refractivity contribution in [2.75, 3.05) is 6.67 Å². The van der Waals surface area contributed by atoms with E-state index in [1.54, 1.807) is 6.20 Å². The molecule has 0 aliphatic rings. The van der Waals surface area contributed by atoms with Crippen LogP contribution < -0.4 is 5.32 Å². The van der Waals surface area contributed by atoms with Crippen LogP contribution in [0.4, 0.5) is 4.39 Å². The van der Waals surface area contributed by atoms with Crippen LogP contribution in [0.2, 0.25) is 0 Å². The minimum Gasteiger partial charge on any atom is -0.368 e. The molecule has 0 amide bonds. The summed E-state index contributed by atoms with van der Waals surface area (Å²) >= 11 is 0. The fourth-order valence-electron chi connectivity index (χ4n) is 2.76. The summed E-state index contributed by atoms with van der Waals surface area (Å²) < 4.78 is 10.3. The molecule has 2 rings (SSSR count). The number of aryl methyl sites for hydroxylation is 2. The maximum Gasteiger partial charge on any atom is 0.0866 e. The molecule has 2 aromatic carbocycles. The lowest BCUT2D eigenvalue weighted by Crippen LogP contribution is -1.94. The molecule has 0 heterocycles. The predicted octanol–water partition coefficient (Wildman–Crippen LogP) is 7.77. The third-order valence-electron chi connectivity index (χ3n) is 4.48. The van der Waals surface area contributed by atoms with Crippen molar-refractivity contribution < 1.29 is 4.39 Å². The van der Waals surface area contributed by atoms with E-state index in [1.807, 2.05) is 12.3 Å². The Morgan fingerprint density at radius 2 is 1.62 bits per heavy atom. The maximum absolute atomic E-state index is 10.3. The highest BCUT2D eigenvalue weighted by molar-refractivity contribution is 5.68. The number of hydrogen-bond acceptors (Lipinski definition) is 1. The van der Waals surface area contributed by atoms with Crippen LogP contribution in [0.3, 0.4) is 0 Å². The number of alkyl halides is 1. The van der Waals surface area contributed by atoms with Gasteiger partial charge < -0.3 is 5.32 Å². The fraction of sp³-hybridized carbons (Fsp3) is 0.259. The maximum atomic E-state index is 10.3. The molecule has 156 valence electrons. The molecule has 2 heteroatoms. The van der Waals surface area contributed by atoms with Gasteiger partial charge in [-0.15, -0.1) is 0 Å². The van der Waals surface area contributed by atoms with Gasteiger partial charge in [-0.25, -0.2) is 0 Å². The summed E-state index contributed by atoms with van der Waals surface area (Å²) in [4.78, 5) is 0. The summed E-state index contributed by atoms with van der Waals surface area (Å²) in [5.41, 5.74) is 7.72. The SMILES string of the molecule is C.C=CN/C=C\C(C)=C(/C)c1ccc(CCc2ccccc2C=C)cc1.CCF. The van der Waals surface area contributed by atoms with Gasteiger partial charge in [-0.1, -0.05) is 75.2 Å². The lowest BCUT2D eigenvalue weighted by Gasteiger charge is -2.08. The van der Waals surface area contributed by atoms with Gasteiger partial charge in [-0.05, 0) is 79.3 Å². The summed E-state index contributed by atoms with van der Waals surface area (Å²) in [5.74, 6) is 0. The Morgan fingerprint density at radius 1 is 1.00 bits per heavy atom. The molecule has 0 aliphatic carbocycles. The minimum absolute atomic E-state index is 0. The Morgan fingerprint density at radius 3 is 2.21 bits per heavy atom. The topological polar surface area (TPSA) is 12.0 Å². The number of benzene rings is 2. The van der Waals surface area contributed by atoms with Gasteiger partial charge in [-0.2, -0.15) is 0 Å². The molecule has 0 unspecified atom stereocenters. The van der Waals surface area contributed by atoms with Crippen molar-refractivity contribution in [1.82, 2.24) is 5.32 Å². The second kappa shape index (κ2) is 15.1. The van der Waals surface area contributed by atoms with Gasteiger partial charge in [0, 0.05) is 6.20 Å². The molecule has 0 aliphatic heterocycles. The fourth-order valence-corrected chi connectivity index (χ4v) is 2.76. The summed E-state index contributed by atoms with van der Waals surface area (Å²) in [6.07, 6.45) is 9.64. The van der Waals surface area contributed by atoms with E-state index in [1.165, 1.54) is 40.3 Å². The summed E-state index contributed by atoms with van der Waals surface area (Å²) in [7, 11) is 0. The predicted molar refractivity (Wildman–Crippen MR) is 130 cm³/mol. The zero-order chi connectivity index (χ0) is 20.8. The van der Waals surface area contributed by atoms with Crippen LogP contribution in [0.25, 0.3) is 11.6 Å². The van der Waals surface area contributed by atoms with Gasteiger partial charge in [0.05, 0.1) is 6.67 Å². The highest BCUT2D eigenvalue weighted by Gasteiger charge is 2.02. The van der Waals surface area contributed by atoms with Crippen molar-refractivity contribution in [3.8, 4) is 0 Å². The molecule has 0 saturated carbocycles. The van der Waals surface area contributed by atoms with Crippen LogP contribution in [0.15, 0.2) is 85.7 Å². The van der Waals surface area contributed by atoms with Crippen molar-refractivity contribution in [3.05, 3.63) is 108 Å². The highest BCUT2D eigenvalue weighted by atomic mass is 19.1. The molecule has 2 aromatic rings. The van der Waals surface area contributed by atoms with Crippen LogP contribution in [0.1, 0.15) is 50.5 Å². The molecule has 1 N–H and O–H groups in total. The van der Waals surface area contributed by atoms with E-state index in [4.69, 9.17) is 0 Å². The molecular weight excluding hydrogens is 357 g/mol. The zero-order valence-electron chi connectivity index (χ0n) is 17.3. The van der Waals surface area contributed by atoms with Gasteiger partial charge in [0.1, 0.15) is 0 Å². The molecule has 0 spiro atoms. The van der Waals surface area contributed by atoms with Gasteiger partial charge in [0.15, 0.2) is 0 Å². The Balaban J connectivity index is 0.00000184. The van der Waals surface area contributed by atoms with E-state index < -0.39 is 0 Å². The largest absolute Gasteiger partial charge is 0.368 e. The normalized spacial score (nSPS) is 10.9. The Bertz CT molecular complexity index is 798. The minimum atomic E-state index is -0.250. The smallest absolute Gasteiger partial charge is 0.0866 e. The lowest BCUT2D eigenvalue weighted by molar-refractivity contribution is 0.527. The van der Waals surface area contributed by atoms with E-state index in [2.05, 4.69) is 86.9 Å². The molecule has 0 fully saturated rings. The first-order chi connectivity index (χ1) is 13.6. The van der Waals surface area contributed by atoms with Gasteiger partial charge >= 0.3 is 0 Å². The molecule has 0 bridgehead atoms. The van der Waals surface area contributed by atoms with Crippen LogP contribution in [0.5, 0.6) is 0 Å². The first-order valence-corrected chi connectivity index (χ1v) is 9.63. The van der Waals surface area contributed by atoms with Crippen molar-refractivity contribution >= 4 is 11.6 Å². The molecule has 1 nitrogen and oxygen atoms in total. The first kappa shape index (κ1) is 26.1. The van der Waals surface area contributed by atoms with Gasteiger partial charge in [0.25, 0.3) is 0 Å². The molecular formula is C27H36FN. The second-order valence-electron chi connectivity index (χ2n) is 6.38. The Hall–Kier alpha value is -2.87. The Kier molecular flexibility index (Phi) is 13.6. The van der Waals surface area contributed by atoms with E-state index >= 15 is 0 Å². The molecule has 0 atom stereocenters. The number of allylic oxidation sites excluding steroid dienone is 3. The second-order valence-corrected chi connectivity index (χ2v) is 6.38. The molecule has 0 aromatic heterocycles. The average Bonchev–Trinajstić information content (AvgIpc) is 2.73. The van der Waals surface area contributed by atoms with Gasteiger partial charge in [-0.3, -0.25) is 4.39 Å². The summed E-state index contributed by atoms with van der Waals surface area (Å²) in [6.45, 7) is 13.0. The van der Waals surface area contributed by atoms with E-state index in [9.17, 15) is 4.39 Å². The van der Waals surface area contributed by atoms with Gasteiger partial charge in [0.2, 0.25) is 0 Å². The lowest BCUT2D eigenvalue weighted by atomic mass is 9.97. The molecule has 29 heavy (non-hydrogen) atoms. The molecule has 0 saturated heterocycles. The first-order valence-electron chi connectivity index (χ1n) is 9.63. The van der Waals surface area contributed by atoms with E-state index in [-0.39, 0.29) is 14.1 Å². The average molecular weight is 394 g/mol. The molecule has 0 radical (unpaired) electrons. The summed E-state index contributed by atoms with van der Waals surface area (Å²) in [5, 5.41) is 2.98. The third-order valence-corrected chi connectivity index (χ3v) is 4.48.